The molecule has 0 saturated heterocycles. The minimum absolute atomic E-state index is 0.0551. The van der Waals surface area contributed by atoms with Gasteiger partial charge in [-0.2, -0.15) is 13.2 Å². The molecule has 0 fully saturated rings. The number of aromatic nitrogens is 1. The molecule has 7 N–H and O–H groups in total. The van der Waals surface area contributed by atoms with Crippen LogP contribution in [0.5, 0.6) is 0 Å². The number of hydrogen-bond acceptors (Lipinski definition) is 7. The summed E-state index contributed by atoms with van der Waals surface area (Å²) in [5, 5.41) is 16.5. The summed E-state index contributed by atoms with van der Waals surface area (Å²) in [5.74, 6) is -3.87. The van der Waals surface area contributed by atoms with Crippen molar-refractivity contribution in [2.24, 2.45) is 5.73 Å². The zero-order chi connectivity index (χ0) is 27.4. The van der Waals surface area contributed by atoms with Gasteiger partial charge in [-0.05, 0) is 17.7 Å². The maximum atomic E-state index is 12.5. The smallest absolute Gasteiger partial charge is 0.475 e. The molecule has 0 radical (unpaired) electrons. The van der Waals surface area contributed by atoms with Crippen LogP contribution in [0.3, 0.4) is 0 Å². The first-order chi connectivity index (χ1) is 16.7. The van der Waals surface area contributed by atoms with Gasteiger partial charge in [-0.3, -0.25) is 24.6 Å². The van der Waals surface area contributed by atoms with Crippen LogP contribution in [0.25, 0.3) is 0 Å². The molecule has 2 aromatic rings. The minimum atomic E-state index is -5.08. The van der Waals surface area contributed by atoms with Gasteiger partial charge in [0.25, 0.3) is 5.56 Å². The zero-order valence-electron chi connectivity index (χ0n) is 18.4. The molecule has 1 amide bonds. The van der Waals surface area contributed by atoms with E-state index < -0.39 is 33.6 Å². The Kier molecular flexibility index (Phi) is 11.4. The molecule has 1 aromatic carbocycles. The normalized spacial score (nSPS) is 11.0. The van der Waals surface area contributed by atoms with Crippen molar-refractivity contribution in [3.63, 3.8) is 0 Å². The summed E-state index contributed by atoms with van der Waals surface area (Å²) in [6, 6.07) is 11.4. The Bertz CT molecular complexity index is 1200. The Morgan fingerprint density at radius 2 is 1.75 bits per heavy atom. The van der Waals surface area contributed by atoms with Crippen LogP contribution in [0.1, 0.15) is 5.56 Å². The maximum absolute atomic E-state index is 12.5. The molecule has 0 atom stereocenters. The summed E-state index contributed by atoms with van der Waals surface area (Å²) in [6.45, 7) is -0.121. The molecule has 1 heterocycles. The summed E-state index contributed by atoms with van der Waals surface area (Å²) in [4.78, 5) is 38.1. The fourth-order valence-electron chi connectivity index (χ4n) is 2.32. The Morgan fingerprint density at radius 1 is 1.14 bits per heavy atom. The number of carboxylic acid groups (broad SMARTS) is 1. The molecule has 0 aliphatic rings. The van der Waals surface area contributed by atoms with E-state index in [0.29, 0.717) is 5.56 Å². The number of pyridine rings is 1. The van der Waals surface area contributed by atoms with E-state index in [2.05, 4.69) is 15.5 Å². The lowest BCUT2D eigenvalue weighted by Gasteiger charge is -2.11. The molecule has 17 heteroatoms. The van der Waals surface area contributed by atoms with Gasteiger partial charge >= 0.3 is 12.1 Å². The summed E-state index contributed by atoms with van der Waals surface area (Å²) in [7, 11) is -3.80. The fraction of sp³-hybridized carbons (Fsp3) is 0.263. The van der Waals surface area contributed by atoms with Crippen LogP contribution in [0.2, 0.25) is 0 Å². The number of alkyl halides is 3. The maximum Gasteiger partial charge on any atom is 0.490 e. The first-order valence-corrected chi connectivity index (χ1v) is 11.4. The number of hydroxylamine groups is 1. The largest absolute Gasteiger partial charge is 0.490 e. The third-order valence-corrected chi connectivity index (χ3v) is 4.99. The quantitative estimate of drug-likeness (QED) is 0.104. The van der Waals surface area contributed by atoms with Gasteiger partial charge in [0.2, 0.25) is 21.9 Å². The van der Waals surface area contributed by atoms with Crippen molar-refractivity contribution in [1.29, 1.82) is 5.41 Å². The Labute approximate surface area is 202 Å². The number of benzene rings is 1. The molecule has 0 aliphatic carbocycles. The molecule has 13 nitrogen and oxygen atoms in total. The molecule has 0 unspecified atom stereocenters. The van der Waals surface area contributed by atoms with Crippen LogP contribution < -0.4 is 26.8 Å². The standard InChI is InChI=1S/C17H22N6O5S.C2HF3O2/c18-17(19)21-28-10-8-20-15(24)11-23-9-4-7-14(16(23)25)22-29(26,27)12-13-5-2-1-3-6-13;3-2(4,5)1(6)7/h1-7,9,22H,8,10-12H2,(H,20,24)(H4,18,19,21);(H,6,7). The molecule has 2 rings (SSSR count). The lowest BCUT2D eigenvalue weighted by Crippen LogP contribution is -2.37. The molecule has 0 spiro atoms. The van der Waals surface area contributed by atoms with E-state index in [1.54, 1.807) is 30.3 Å². The van der Waals surface area contributed by atoms with Crippen molar-refractivity contribution in [2.45, 2.75) is 18.5 Å². The van der Waals surface area contributed by atoms with Gasteiger partial charge in [-0.1, -0.05) is 30.3 Å². The second kappa shape index (κ2) is 13.7. The highest BCUT2D eigenvalue weighted by Crippen LogP contribution is 2.13. The highest BCUT2D eigenvalue weighted by Gasteiger charge is 2.38. The van der Waals surface area contributed by atoms with E-state index in [0.717, 1.165) is 4.57 Å². The number of nitrogens with one attached hydrogen (secondary N) is 4. The number of sulfonamides is 1. The summed E-state index contributed by atoms with van der Waals surface area (Å²) in [5.41, 5.74) is 6.93. The van der Waals surface area contributed by atoms with Gasteiger partial charge < -0.3 is 20.7 Å². The van der Waals surface area contributed by atoms with Crippen LogP contribution >= 0.6 is 0 Å². The molecule has 0 bridgehead atoms. The average Bonchev–Trinajstić information content (AvgIpc) is 2.76. The lowest BCUT2D eigenvalue weighted by molar-refractivity contribution is -0.192. The number of halogens is 3. The number of carbonyl (C=O) groups is 2. The van der Waals surface area contributed by atoms with Gasteiger partial charge in [0.05, 0.1) is 12.4 Å². The first kappa shape index (κ1) is 29.9. The van der Waals surface area contributed by atoms with E-state index >= 15 is 0 Å². The molecule has 0 saturated carbocycles. The van der Waals surface area contributed by atoms with E-state index in [9.17, 15) is 31.2 Å². The predicted molar refractivity (Wildman–Crippen MR) is 121 cm³/mol. The molecule has 0 aliphatic heterocycles. The number of anilines is 1. The average molecular weight is 536 g/mol. The number of carboxylic acids is 1. The van der Waals surface area contributed by atoms with E-state index in [1.807, 2.05) is 0 Å². The minimum Gasteiger partial charge on any atom is -0.475 e. The van der Waals surface area contributed by atoms with Gasteiger partial charge in [-0.15, -0.1) is 0 Å². The number of rotatable bonds is 10. The summed E-state index contributed by atoms with van der Waals surface area (Å²) < 4.78 is 59.7. The second-order valence-corrected chi connectivity index (χ2v) is 8.44. The summed E-state index contributed by atoms with van der Waals surface area (Å²) >= 11 is 0. The first-order valence-electron chi connectivity index (χ1n) is 9.74. The third kappa shape index (κ3) is 11.8. The zero-order valence-corrected chi connectivity index (χ0v) is 19.2. The number of nitrogens with two attached hydrogens (primary N) is 1. The lowest BCUT2D eigenvalue weighted by atomic mass is 10.2. The summed E-state index contributed by atoms with van der Waals surface area (Å²) in [6.07, 6.45) is -3.70. The van der Waals surface area contributed by atoms with Crippen LogP contribution in [0.4, 0.5) is 18.9 Å². The number of nitrogens with zero attached hydrogens (tertiary/aromatic N) is 1. The Morgan fingerprint density at radius 3 is 2.31 bits per heavy atom. The SMILES string of the molecule is N=C(N)NOCCNC(=O)Cn1cccc(NS(=O)(=O)Cc2ccccc2)c1=O.O=C(O)C(F)(F)F. The molecular weight excluding hydrogens is 513 g/mol. The fourth-order valence-corrected chi connectivity index (χ4v) is 3.51. The van der Waals surface area contributed by atoms with Crippen LogP contribution in [0.15, 0.2) is 53.5 Å². The second-order valence-electron chi connectivity index (χ2n) is 6.72. The van der Waals surface area contributed by atoms with E-state index in [4.69, 9.17) is 25.9 Å². The van der Waals surface area contributed by atoms with Crippen molar-refractivity contribution in [1.82, 2.24) is 15.4 Å². The molecule has 1 aromatic heterocycles. The third-order valence-electron chi connectivity index (χ3n) is 3.75. The number of aliphatic carboxylic acids is 1. The van der Waals surface area contributed by atoms with E-state index in [1.165, 1.54) is 18.3 Å². The van der Waals surface area contributed by atoms with Crippen LogP contribution in [-0.4, -0.2) is 55.3 Å². The van der Waals surface area contributed by atoms with Gasteiger partial charge in [0.1, 0.15) is 12.2 Å². The monoisotopic (exact) mass is 536 g/mol. The number of amides is 1. The Hall–Kier alpha value is -4.12. The van der Waals surface area contributed by atoms with Gasteiger partial charge in [0.15, 0.2) is 0 Å². The Balaban J connectivity index is 0.000000809. The van der Waals surface area contributed by atoms with E-state index in [-0.39, 0.29) is 37.1 Å². The van der Waals surface area contributed by atoms with Crippen molar-refractivity contribution in [3.8, 4) is 0 Å². The number of hydrogen-bond donors (Lipinski definition) is 6. The number of carbonyl (C=O) groups excluding carboxylic acids is 1. The topological polar surface area (TPSA) is 206 Å². The van der Waals surface area contributed by atoms with Crippen molar-refractivity contribution in [3.05, 3.63) is 64.6 Å². The molecule has 36 heavy (non-hydrogen) atoms. The van der Waals surface area contributed by atoms with Crippen molar-refractivity contribution >= 4 is 33.5 Å². The molecule has 198 valence electrons. The van der Waals surface area contributed by atoms with Gasteiger partial charge in [-0.25, -0.2) is 18.7 Å². The predicted octanol–water partition coefficient (Wildman–Crippen LogP) is -0.0456. The number of guanidine groups is 1. The van der Waals surface area contributed by atoms with Crippen LogP contribution in [-0.2, 0) is 36.7 Å². The molecular formula is C19H23F3N6O7S. The van der Waals surface area contributed by atoms with Gasteiger partial charge in [0, 0.05) is 12.7 Å². The highest BCUT2D eigenvalue weighted by atomic mass is 32.2. The van der Waals surface area contributed by atoms with Crippen LogP contribution in [0, 0.1) is 5.41 Å². The highest BCUT2D eigenvalue weighted by molar-refractivity contribution is 7.91. The van der Waals surface area contributed by atoms with Crippen molar-refractivity contribution in [2.75, 3.05) is 17.9 Å². The van der Waals surface area contributed by atoms with Crippen molar-refractivity contribution < 1.29 is 41.1 Å².